The number of ketones is 1. The van der Waals surface area contributed by atoms with E-state index >= 15 is 0 Å². The van der Waals surface area contributed by atoms with Crippen molar-refractivity contribution in [3.05, 3.63) is 12.2 Å². The van der Waals surface area contributed by atoms with E-state index in [1.54, 1.807) is 0 Å². The minimum absolute atomic E-state index is 0.219. The zero-order valence-corrected chi connectivity index (χ0v) is 12.0. The molecular weight excluding hydrogens is 224 g/mol. The Balaban J connectivity index is 2.17. The van der Waals surface area contributed by atoms with Gasteiger partial charge in [-0.2, -0.15) is 0 Å². The highest BCUT2D eigenvalue weighted by Gasteiger charge is 2.33. The summed E-state index contributed by atoms with van der Waals surface area (Å²) in [5.41, 5.74) is 0. The van der Waals surface area contributed by atoms with Gasteiger partial charge in [-0.3, -0.25) is 4.79 Å². The van der Waals surface area contributed by atoms with Crippen molar-refractivity contribution < 1.29 is 9.53 Å². The first-order chi connectivity index (χ1) is 8.79. The van der Waals surface area contributed by atoms with E-state index in [1.807, 2.05) is 13.0 Å². The fourth-order valence-electron chi connectivity index (χ4n) is 2.65. The molecule has 1 fully saturated rings. The molecule has 0 aromatic heterocycles. The number of carbonyl (C=O) groups is 1. The second kappa shape index (κ2) is 9.32. The maximum absolute atomic E-state index is 11.8. The average Bonchev–Trinajstić information content (AvgIpc) is 2.72. The molecule has 0 saturated heterocycles. The van der Waals surface area contributed by atoms with Gasteiger partial charge in [0.05, 0.1) is 6.61 Å². The van der Waals surface area contributed by atoms with Crippen molar-refractivity contribution in [1.29, 1.82) is 0 Å². The van der Waals surface area contributed by atoms with Crippen molar-refractivity contribution in [2.24, 2.45) is 11.8 Å². The molecule has 2 unspecified atom stereocenters. The van der Waals surface area contributed by atoms with Gasteiger partial charge in [-0.1, -0.05) is 38.3 Å². The molecular formula is C16H28O2. The van der Waals surface area contributed by atoms with Gasteiger partial charge in [0, 0.05) is 18.9 Å². The molecule has 1 rings (SSSR count). The van der Waals surface area contributed by atoms with E-state index in [9.17, 15) is 4.79 Å². The lowest BCUT2D eigenvalue weighted by Crippen LogP contribution is -2.19. The third-order valence-corrected chi connectivity index (χ3v) is 3.84. The number of carbonyl (C=O) groups excluding carboxylic acids is 1. The molecule has 1 aliphatic rings. The van der Waals surface area contributed by atoms with Crippen LogP contribution in [0.15, 0.2) is 12.2 Å². The topological polar surface area (TPSA) is 26.3 Å². The van der Waals surface area contributed by atoms with Gasteiger partial charge in [0.1, 0.15) is 5.78 Å². The first kappa shape index (κ1) is 15.4. The summed E-state index contributed by atoms with van der Waals surface area (Å²) in [6.45, 7) is 5.87. The largest absolute Gasteiger partial charge is 0.381 e. The highest BCUT2D eigenvalue weighted by molar-refractivity contribution is 5.83. The first-order valence-electron chi connectivity index (χ1n) is 7.51. The van der Waals surface area contributed by atoms with Crippen LogP contribution in [0.2, 0.25) is 0 Å². The van der Waals surface area contributed by atoms with Gasteiger partial charge in [0.25, 0.3) is 0 Å². The molecule has 1 aliphatic carbocycles. The van der Waals surface area contributed by atoms with Gasteiger partial charge in [0.15, 0.2) is 0 Å². The molecule has 104 valence electrons. The van der Waals surface area contributed by atoms with Gasteiger partial charge in [-0.25, -0.2) is 0 Å². The number of allylic oxidation sites excluding steroid dienone is 2. The van der Waals surface area contributed by atoms with Crippen molar-refractivity contribution in [3.8, 4) is 0 Å². The molecule has 0 aromatic carbocycles. The third-order valence-electron chi connectivity index (χ3n) is 3.84. The fourth-order valence-corrected chi connectivity index (χ4v) is 2.65. The second-order valence-electron chi connectivity index (χ2n) is 5.31. The zero-order chi connectivity index (χ0) is 13.2. The molecule has 0 amide bonds. The molecule has 0 N–H and O–H groups in total. The minimum atomic E-state index is 0.219. The average molecular weight is 252 g/mol. The summed E-state index contributed by atoms with van der Waals surface area (Å²) in [4.78, 5) is 11.8. The standard InChI is InChI=1S/C16H28O2/c1-3-5-7-8-12-18-13-14-10-11-16(17)15(14)9-6-4-2/h4,6,14-15H,3,5,7-13H2,1-2H3. The van der Waals surface area contributed by atoms with Gasteiger partial charge >= 0.3 is 0 Å². The summed E-state index contributed by atoms with van der Waals surface area (Å²) in [6, 6.07) is 0. The molecule has 18 heavy (non-hydrogen) atoms. The summed E-state index contributed by atoms with van der Waals surface area (Å²) in [6.07, 6.45) is 11.8. The normalized spacial score (nSPS) is 24.2. The van der Waals surface area contributed by atoms with Crippen LogP contribution >= 0.6 is 0 Å². The Bertz CT molecular complexity index is 258. The molecule has 2 nitrogen and oxygen atoms in total. The molecule has 2 atom stereocenters. The van der Waals surface area contributed by atoms with Crippen molar-refractivity contribution in [3.63, 3.8) is 0 Å². The molecule has 0 aromatic rings. The summed E-state index contributed by atoms with van der Waals surface area (Å²) >= 11 is 0. The number of hydrogen-bond acceptors (Lipinski definition) is 2. The van der Waals surface area contributed by atoms with Crippen LogP contribution < -0.4 is 0 Å². The van der Waals surface area contributed by atoms with Crippen LogP contribution in [0.3, 0.4) is 0 Å². The van der Waals surface area contributed by atoms with E-state index in [0.717, 1.165) is 38.9 Å². The quantitative estimate of drug-likeness (QED) is 0.455. The van der Waals surface area contributed by atoms with Crippen LogP contribution in [0.25, 0.3) is 0 Å². The summed E-state index contributed by atoms with van der Waals surface area (Å²) < 4.78 is 5.75. The lowest BCUT2D eigenvalue weighted by Gasteiger charge is -2.17. The predicted octanol–water partition coefficient (Wildman–Crippen LogP) is 4.14. The number of Topliss-reactive ketones (excluding diaryl/α,β-unsaturated/α-hetero) is 1. The highest BCUT2D eigenvalue weighted by atomic mass is 16.5. The SMILES string of the molecule is CC=CCC1C(=O)CCC1COCCCCCC. The minimum Gasteiger partial charge on any atom is -0.381 e. The van der Waals surface area contributed by atoms with E-state index in [4.69, 9.17) is 4.74 Å². The number of ether oxygens (including phenoxy) is 1. The lowest BCUT2D eigenvalue weighted by molar-refractivity contribution is -0.121. The lowest BCUT2D eigenvalue weighted by atomic mass is 9.93. The number of rotatable bonds is 9. The summed E-state index contributed by atoms with van der Waals surface area (Å²) in [5, 5.41) is 0. The second-order valence-corrected chi connectivity index (χ2v) is 5.31. The molecule has 0 heterocycles. The van der Waals surface area contributed by atoms with Crippen LogP contribution in [0.1, 0.15) is 58.8 Å². The van der Waals surface area contributed by atoms with Crippen LogP contribution in [0, 0.1) is 11.8 Å². The molecule has 0 spiro atoms. The molecule has 0 bridgehead atoms. The Morgan fingerprint density at radius 3 is 2.89 bits per heavy atom. The molecule has 0 radical (unpaired) electrons. The zero-order valence-electron chi connectivity index (χ0n) is 12.0. The summed E-state index contributed by atoms with van der Waals surface area (Å²) in [7, 11) is 0. The van der Waals surface area contributed by atoms with Gasteiger partial charge in [0.2, 0.25) is 0 Å². The van der Waals surface area contributed by atoms with Crippen LogP contribution in [0.5, 0.6) is 0 Å². The van der Waals surface area contributed by atoms with Gasteiger partial charge < -0.3 is 4.74 Å². The first-order valence-corrected chi connectivity index (χ1v) is 7.51. The van der Waals surface area contributed by atoms with E-state index in [1.165, 1.54) is 19.3 Å². The highest BCUT2D eigenvalue weighted by Crippen LogP contribution is 2.31. The predicted molar refractivity (Wildman–Crippen MR) is 75.6 cm³/mol. The van der Waals surface area contributed by atoms with E-state index in [-0.39, 0.29) is 5.92 Å². The van der Waals surface area contributed by atoms with Crippen molar-refractivity contribution in [2.75, 3.05) is 13.2 Å². The van der Waals surface area contributed by atoms with E-state index < -0.39 is 0 Å². The van der Waals surface area contributed by atoms with Crippen LogP contribution in [-0.2, 0) is 9.53 Å². The smallest absolute Gasteiger partial charge is 0.136 e. The maximum Gasteiger partial charge on any atom is 0.136 e. The molecule has 1 saturated carbocycles. The third kappa shape index (κ3) is 5.34. The Hall–Kier alpha value is -0.630. The number of unbranched alkanes of at least 4 members (excludes halogenated alkanes) is 3. The molecule has 0 aliphatic heterocycles. The van der Waals surface area contributed by atoms with Crippen molar-refractivity contribution >= 4 is 5.78 Å². The van der Waals surface area contributed by atoms with Crippen molar-refractivity contribution in [2.45, 2.75) is 58.8 Å². The Labute approximate surface area is 112 Å². The van der Waals surface area contributed by atoms with Gasteiger partial charge in [-0.05, 0) is 32.1 Å². The fraction of sp³-hybridized carbons (Fsp3) is 0.812. The van der Waals surface area contributed by atoms with Crippen molar-refractivity contribution in [1.82, 2.24) is 0 Å². The maximum atomic E-state index is 11.8. The Morgan fingerprint density at radius 1 is 1.33 bits per heavy atom. The molecule has 2 heteroatoms. The summed E-state index contributed by atoms with van der Waals surface area (Å²) in [5.74, 6) is 1.12. The monoisotopic (exact) mass is 252 g/mol. The Morgan fingerprint density at radius 2 is 2.17 bits per heavy atom. The number of hydrogen-bond donors (Lipinski definition) is 0. The van der Waals surface area contributed by atoms with Crippen LogP contribution in [-0.4, -0.2) is 19.0 Å². The Kier molecular flexibility index (Phi) is 7.99. The van der Waals surface area contributed by atoms with E-state index in [0.29, 0.717) is 11.7 Å². The van der Waals surface area contributed by atoms with Gasteiger partial charge in [-0.15, -0.1) is 0 Å². The van der Waals surface area contributed by atoms with E-state index in [2.05, 4.69) is 13.0 Å². The van der Waals surface area contributed by atoms with Crippen LogP contribution in [0.4, 0.5) is 0 Å².